The van der Waals surface area contributed by atoms with Crippen molar-refractivity contribution >= 4 is 0 Å². The molecule has 104 valence electrons. The molecule has 2 atom stereocenters. The van der Waals surface area contributed by atoms with Crippen LogP contribution in [-0.4, -0.2) is 61.2 Å². The van der Waals surface area contributed by atoms with Crippen molar-refractivity contribution in [2.75, 3.05) is 39.3 Å². The Morgan fingerprint density at radius 3 is 2.83 bits per heavy atom. The van der Waals surface area contributed by atoms with Crippen molar-refractivity contribution in [2.45, 2.75) is 57.0 Å². The highest BCUT2D eigenvalue weighted by Gasteiger charge is 2.28. The maximum absolute atomic E-state index is 3.62. The molecule has 3 saturated heterocycles. The molecule has 3 aliphatic rings. The smallest absolute Gasteiger partial charge is 0.0223 e. The van der Waals surface area contributed by atoms with E-state index < -0.39 is 0 Å². The normalized spacial score (nSPS) is 34.7. The molecular weight excluding hydrogens is 222 g/mol. The molecule has 0 aromatic carbocycles. The molecule has 0 amide bonds. The Kier molecular flexibility index (Phi) is 4.55. The maximum Gasteiger partial charge on any atom is 0.0223 e. The minimum Gasteiger partial charge on any atom is -0.314 e. The highest BCUT2D eigenvalue weighted by molar-refractivity contribution is 4.85. The van der Waals surface area contributed by atoms with Gasteiger partial charge in [0.1, 0.15) is 0 Å². The topological polar surface area (TPSA) is 18.5 Å². The second kappa shape index (κ2) is 6.36. The lowest BCUT2D eigenvalue weighted by molar-refractivity contribution is 0.216. The van der Waals surface area contributed by atoms with Crippen molar-refractivity contribution in [2.24, 2.45) is 0 Å². The van der Waals surface area contributed by atoms with Crippen LogP contribution >= 0.6 is 0 Å². The molecule has 3 rings (SSSR count). The number of hydrogen-bond donors (Lipinski definition) is 1. The van der Waals surface area contributed by atoms with Gasteiger partial charge in [0.25, 0.3) is 0 Å². The van der Waals surface area contributed by atoms with E-state index in [1.54, 1.807) is 0 Å². The Morgan fingerprint density at radius 1 is 1.00 bits per heavy atom. The van der Waals surface area contributed by atoms with E-state index in [0.29, 0.717) is 0 Å². The maximum atomic E-state index is 3.62. The van der Waals surface area contributed by atoms with Gasteiger partial charge in [0.15, 0.2) is 0 Å². The summed E-state index contributed by atoms with van der Waals surface area (Å²) in [6.07, 6.45) is 9.86. The lowest BCUT2D eigenvalue weighted by Crippen LogP contribution is -2.37. The number of nitrogens with zero attached hydrogens (tertiary/aromatic N) is 2. The summed E-state index contributed by atoms with van der Waals surface area (Å²) in [6.45, 7) is 7.99. The second-order valence-corrected chi connectivity index (χ2v) is 6.42. The third-order valence-corrected chi connectivity index (χ3v) is 5.08. The highest BCUT2D eigenvalue weighted by atomic mass is 15.3. The quantitative estimate of drug-likeness (QED) is 0.820. The summed E-state index contributed by atoms with van der Waals surface area (Å²) >= 11 is 0. The van der Waals surface area contributed by atoms with E-state index in [4.69, 9.17) is 0 Å². The predicted molar refractivity (Wildman–Crippen MR) is 75.9 cm³/mol. The Labute approximate surface area is 112 Å². The van der Waals surface area contributed by atoms with Crippen LogP contribution in [0.15, 0.2) is 0 Å². The zero-order valence-corrected chi connectivity index (χ0v) is 11.7. The van der Waals surface area contributed by atoms with Crippen LogP contribution in [-0.2, 0) is 0 Å². The molecule has 0 aromatic heterocycles. The zero-order valence-electron chi connectivity index (χ0n) is 11.7. The Balaban J connectivity index is 1.38. The van der Waals surface area contributed by atoms with Crippen LogP contribution in [0.4, 0.5) is 0 Å². The van der Waals surface area contributed by atoms with Crippen molar-refractivity contribution in [3.63, 3.8) is 0 Å². The average Bonchev–Trinajstić information content (AvgIpc) is 2.99. The highest BCUT2D eigenvalue weighted by Crippen LogP contribution is 2.21. The third kappa shape index (κ3) is 3.25. The second-order valence-electron chi connectivity index (χ2n) is 6.42. The summed E-state index contributed by atoms with van der Waals surface area (Å²) in [5.41, 5.74) is 0. The predicted octanol–water partition coefficient (Wildman–Crippen LogP) is 1.69. The van der Waals surface area contributed by atoms with E-state index in [1.807, 2.05) is 0 Å². The third-order valence-electron chi connectivity index (χ3n) is 5.08. The Bertz CT molecular complexity index is 250. The van der Waals surface area contributed by atoms with Gasteiger partial charge in [-0.05, 0) is 77.7 Å². The van der Waals surface area contributed by atoms with Crippen LogP contribution in [0.5, 0.6) is 0 Å². The lowest BCUT2D eigenvalue weighted by Gasteiger charge is -2.25. The molecule has 18 heavy (non-hydrogen) atoms. The van der Waals surface area contributed by atoms with Gasteiger partial charge in [-0.3, -0.25) is 4.90 Å². The summed E-state index contributed by atoms with van der Waals surface area (Å²) in [4.78, 5) is 5.48. The minimum absolute atomic E-state index is 0.833. The molecule has 3 nitrogen and oxygen atoms in total. The molecule has 0 aromatic rings. The molecule has 0 aliphatic carbocycles. The molecular formula is C15H29N3. The average molecular weight is 251 g/mol. The first-order valence-corrected chi connectivity index (χ1v) is 8.11. The largest absolute Gasteiger partial charge is 0.314 e. The van der Waals surface area contributed by atoms with Gasteiger partial charge in [-0.25, -0.2) is 0 Å². The molecule has 3 fully saturated rings. The standard InChI is InChI=1S/C15H29N3/c1-5-14(16-8-1)6-2-9-17-10-4-12-18-11-3-7-15(18)13-17/h14-16H,1-13H2. The van der Waals surface area contributed by atoms with Crippen molar-refractivity contribution in [1.29, 1.82) is 0 Å². The van der Waals surface area contributed by atoms with Gasteiger partial charge in [-0.15, -0.1) is 0 Å². The van der Waals surface area contributed by atoms with Crippen LogP contribution in [0.2, 0.25) is 0 Å². The molecule has 2 unspecified atom stereocenters. The molecule has 3 heterocycles. The van der Waals surface area contributed by atoms with E-state index >= 15 is 0 Å². The molecule has 3 aliphatic heterocycles. The van der Waals surface area contributed by atoms with E-state index in [1.165, 1.54) is 84.2 Å². The zero-order chi connectivity index (χ0) is 12.2. The number of fused-ring (bicyclic) bond motifs is 1. The molecule has 0 radical (unpaired) electrons. The van der Waals surface area contributed by atoms with Crippen molar-refractivity contribution in [3.05, 3.63) is 0 Å². The molecule has 1 N–H and O–H groups in total. The van der Waals surface area contributed by atoms with E-state index in [0.717, 1.165) is 12.1 Å². The minimum atomic E-state index is 0.833. The van der Waals surface area contributed by atoms with Crippen LogP contribution < -0.4 is 5.32 Å². The van der Waals surface area contributed by atoms with Crippen LogP contribution in [0.1, 0.15) is 44.9 Å². The fourth-order valence-corrected chi connectivity index (χ4v) is 4.05. The van der Waals surface area contributed by atoms with Gasteiger partial charge >= 0.3 is 0 Å². The monoisotopic (exact) mass is 251 g/mol. The summed E-state index contributed by atoms with van der Waals surface area (Å²) in [5.74, 6) is 0. The first-order valence-electron chi connectivity index (χ1n) is 8.11. The fourth-order valence-electron chi connectivity index (χ4n) is 4.05. The van der Waals surface area contributed by atoms with Gasteiger partial charge in [0.05, 0.1) is 0 Å². The Hall–Kier alpha value is -0.120. The molecule has 3 heteroatoms. The molecule has 0 bridgehead atoms. The summed E-state index contributed by atoms with van der Waals surface area (Å²) < 4.78 is 0. The SMILES string of the molecule is C1CNC(CCCN2CCCN3CCCC3C2)C1. The van der Waals surface area contributed by atoms with Crippen LogP contribution in [0, 0.1) is 0 Å². The van der Waals surface area contributed by atoms with Gasteiger partial charge in [-0.2, -0.15) is 0 Å². The number of nitrogens with one attached hydrogen (secondary N) is 1. The summed E-state index contributed by atoms with van der Waals surface area (Å²) in [5, 5.41) is 3.62. The Morgan fingerprint density at radius 2 is 1.94 bits per heavy atom. The summed E-state index contributed by atoms with van der Waals surface area (Å²) in [7, 11) is 0. The van der Waals surface area contributed by atoms with Crippen molar-refractivity contribution in [1.82, 2.24) is 15.1 Å². The number of rotatable bonds is 4. The van der Waals surface area contributed by atoms with Gasteiger partial charge in [-0.1, -0.05) is 0 Å². The molecule has 0 saturated carbocycles. The van der Waals surface area contributed by atoms with Crippen molar-refractivity contribution in [3.8, 4) is 0 Å². The first kappa shape index (κ1) is 12.9. The fraction of sp³-hybridized carbons (Fsp3) is 1.00. The first-order chi connectivity index (χ1) is 8.92. The van der Waals surface area contributed by atoms with Crippen LogP contribution in [0.3, 0.4) is 0 Å². The van der Waals surface area contributed by atoms with E-state index in [2.05, 4.69) is 15.1 Å². The number of hydrogen-bond acceptors (Lipinski definition) is 3. The van der Waals surface area contributed by atoms with E-state index in [-0.39, 0.29) is 0 Å². The van der Waals surface area contributed by atoms with Gasteiger partial charge in [0, 0.05) is 18.6 Å². The van der Waals surface area contributed by atoms with Crippen molar-refractivity contribution < 1.29 is 0 Å². The lowest BCUT2D eigenvalue weighted by atomic mass is 10.1. The summed E-state index contributed by atoms with van der Waals surface area (Å²) in [6, 6.07) is 1.72. The molecule has 0 spiro atoms. The van der Waals surface area contributed by atoms with Gasteiger partial charge < -0.3 is 10.2 Å². The van der Waals surface area contributed by atoms with E-state index in [9.17, 15) is 0 Å². The van der Waals surface area contributed by atoms with Gasteiger partial charge in [0.2, 0.25) is 0 Å². The van der Waals surface area contributed by atoms with Crippen LogP contribution in [0.25, 0.3) is 0 Å².